The lowest BCUT2D eigenvalue weighted by atomic mass is 10.1. The molecule has 1 aliphatic heterocycles. The summed E-state index contributed by atoms with van der Waals surface area (Å²) >= 11 is 0. The van der Waals surface area contributed by atoms with Gasteiger partial charge in [0, 0.05) is 18.5 Å². The Bertz CT molecular complexity index is 668. The molecule has 2 aromatic rings. The van der Waals surface area contributed by atoms with Crippen LogP contribution in [-0.4, -0.2) is 28.2 Å². The Morgan fingerprint density at radius 3 is 2.74 bits per heavy atom. The highest BCUT2D eigenvalue weighted by atomic mass is 16.1. The minimum Gasteiger partial charge on any atom is -0.370 e. The molecule has 0 unspecified atom stereocenters. The summed E-state index contributed by atoms with van der Waals surface area (Å²) in [6, 6.07) is 7.43. The monoisotopic (exact) mass is 255 g/mol. The molecule has 4 nitrogen and oxygen atoms in total. The van der Waals surface area contributed by atoms with Gasteiger partial charge in [0.2, 0.25) is 5.43 Å². The van der Waals surface area contributed by atoms with Gasteiger partial charge in [0.1, 0.15) is 0 Å². The van der Waals surface area contributed by atoms with E-state index in [1.807, 2.05) is 24.3 Å². The van der Waals surface area contributed by atoms with Gasteiger partial charge in [-0.05, 0) is 31.4 Å². The second kappa shape index (κ2) is 4.88. The Hall–Kier alpha value is -2.10. The molecule has 19 heavy (non-hydrogen) atoms. The zero-order valence-corrected chi connectivity index (χ0v) is 10.9. The predicted octanol–water partition coefficient (Wildman–Crippen LogP) is 2.38. The van der Waals surface area contributed by atoms with Crippen molar-refractivity contribution in [3.8, 4) is 0 Å². The van der Waals surface area contributed by atoms with E-state index >= 15 is 0 Å². The van der Waals surface area contributed by atoms with E-state index in [1.165, 1.54) is 6.42 Å². The standard InChI is InChI=1S/C15H17N3O/c1-11(18-9-5-2-6-10-18)14-15(19)12-7-3-4-8-13(12)16-17-14/h3-4,7-8H,1-2,5-6,9-10H2,(H,16,19). The number of rotatable bonds is 2. The maximum absolute atomic E-state index is 12.4. The molecule has 1 aliphatic rings. The number of hydrogen-bond acceptors (Lipinski definition) is 3. The van der Waals surface area contributed by atoms with Gasteiger partial charge in [-0.15, -0.1) is 0 Å². The summed E-state index contributed by atoms with van der Waals surface area (Å²) in [5.41, 5.74) is 1.92. The number of aromatic amines is 1. The van der Waals surface area contributed by atoms with Crippen LogP contribution in [0.1, 0.15) is 25.0 Å². The molecule has 98 valence electrons. The van der Waals surface area contributed by atoms with Crippen LogP contribution in [0.4, 0.5) is 0 Å². The lowest BCUT2D eigenvalue weighted by molar-refractivity contribution is 0.325. The first-order valence-electron chi connectivity index (χ1n) is 6.69. The zero-order chi connectivity index (χ0) is 13.2. The lowest BCUT2D eigenvalue weighted by Gasteiger charge is -2.29. The highest BCUT2D eigenvalue weighted by Crippen LogP contribution is 2.19. The quantitative estimate of drug-likeness (QED) is 0.896. The van der Waals surface area contributed by atoms with Crippen LogP contribution in [0.5, 0.6) is 0 Å². The summed E-state index contributed by atoms with van der Waals surface area (Å²) in [6.07, 6.45) is 3.57. The second-order valence-corrected chi connectivity index (χ2v) is 4.94. The number of aromatic nitrogens is 2. The largest absolute Gasteiger partial charge is 0.370 e. The molecule has 0 amide bonds. The molecule has 0 atom stereocenters. The van der Waals surface area contributed by atoms with E-state index in [0.717, 1.165) is 37.1 Å². The van der Waals surface area contributed by atoms with Crippen molar-refractivity contribution in [3.63, 3.8) is 0 Å². The van der Waals surface area contributed by atoms with Crippen molar-refractivity contribution in [3.05, 3.63) is 46.8 Å². The molecule has 0 radical (unpaired) electrons. The van der Waals surface area contributed by atoms with Crippen molar-refractivity contribution in [2.75, 3.05) is 13.1 Å². The fourth-order valence-electron chi connectivity index (χ4n) is 2.58. The summed E-state index contributed by atoms with van der Waals surface area (Å²) in [7, 11) is 0. The fraction of sp³-hybridized carbons (Fsp3) is 0.333. The third kappa shape index (κ3) is 2.14. The Labute approximate surface area is 111 Å². The van der Waals surface area contributed by atoms with Crippen LogP contribution in [0.3, 0.4) is 0 Å². The van der Waals surface area contributed by atoms with Gasteiger partial charge in [-0.25, -0.2) is 0 Å². The summed E-state index contributed by atoms with van der Waals surface area (Å²) in [5.74, 6) is 0. The Balaban J connectivity index is 2.03. The summed E-state index contributed by atoms with van der Waals surface area (Å²) in [4.78, 5) is 14.6. The maximum atomic E-state index is 12.4. The number of nitrogens with zero attached hydrogens (tertiary/aromatic N) is 2. The third-order valence-corrected chi connectivity index (χ3v) is 3.69. The van der Waals surface area contributed by atoms with Crippen LogP contribution in [0.2, 0.25) is 0 Å². The first-order valence-corrected chi connectivity index (χ1v) is 6.69. The molecule has 3 rings (SSSR count). The number of piperidine rings is 1. The molecule has 1 fully saturated rings. The first-order chi connectivity index (χ1) is 9.27. The predicted molar refractivity (Wildman–Crippen MR) is 76.8 cm³/mol. The molecule has 0 saturated carbocycles. The zero-order valence-electron chi connectivity index (χ0n) is 10.9. The van der Waals surface area contributed by atoms with Gasteiger partial charge in [0.25, 0.3) is 0 Å². The Morgan fingerprint density at radius 1 is 1.21 bits per heavy atom. The smallest absolute Gasteiger partial charge is 0.217 e. The number of H-pyrrole nitrogens is 1. The van der Waals surface area contributed by atoms with Crippen LogP contribution >= 0.6 is 0 Å². The Morgan fingerprint density at radius 2 is 1.95 bits per heavy atom. The third-order valence-electron chi connectivity index (χ3n) is 3.69. The average molecular weight is 255 g/mol. The van der Waals surface area contributed by atoms with Gasteiger partial charge in [0.15, 0.2) is 5.69 Å². The minimum atomic E-state index is -0.0371. The number of para-hydroxylation sites is 1. The fourth-order valence-corrected chi connectivity index (χ4v) is 2.58. The molecule has 1 aromatic heterocycles. The van der Waals surface area contributed by atoms with Crippen LogP contribution < -0.4 is 5.43 Å². The van der Waals surface area contributed by atoms with Crippen molar-refractivity contribution in [2.24, 2.45) is 0 Å². The van der Waals surface area contributed by atoms with Gasteiger partial charge < -0.3 is 4.90 Å². The highest BCUT2D eigenvalue weighted by Gasteiger charge is 2.17. The van der Waals surface area contributed by atoms with Crippen LogP contribution in [0.25, 0.3) is 16.6 Å². The van der Waals surface area contributed by atoms with Gasteiger partial charge in [-0.2, -0.15) is 5.10 Å². The van der Waals surface area contributed by atoms with Crippen molar-refractivity contribution in [1.82, 2.24) is 15.1 Å². The van der Waals surface area contributed by atoms with Crippen LogP contribution in [-0.2, 0) is 0 Å². The summed E-state index contributed by atoms with van der Waals surface area (Å²) in [5, 5.41) is 7.82. The van der Waals surface area contributed by atoms with E-state index in [9.17, 15) is 4.79 Å². The van der Waals surface area contributed by atoms with Crippen LogP contribution in [0, 0.1) is 0 Å². The van der Waals surface area contributed by atoms with Crippen LogP contribution in [0.15, 0.2) is 35.6 Å². The minimum absolute atomic E-state index is 0.0371. The Kier molecular flexibility index (Phi) is 3.07. The topological polar surface area (TPSA) is 49.0 Å². The number of benzene rings is 1. The van der Waals surface area contributed by atoms with Gasteiger partial charge in [0.05, 0.1) is 11.2 Å². The normalized spacial score (nSPS) is 15.7. The maximum Gasteiger partial charge on any atom is 0.217 e. The van der Waals surface area contributed by atoms with E-state index in [1.54, 1.807) is 0 Å². The van der Waals surface area contributed by atoms with E-state index in [2.05, 4.69) is 21.7 Å². The lowest BCUT2D eigenvalue weighted by Crippen LogP contribution is -2.30. The molecule has 1 saturated heterocycles. The van der Waals surface area contributed by atoms with Gasteiger partial charge >= 0.3 is 0 Å². The number of nitrogens with one attached hydrogen (secondary N) is 1. The molecular weight excluding hydrogens is 238 g/mol. The number of fused-ring (bicyclic) bond motifs is 1. The van der Waals surface area contributed by atoms with E-state index < -0.39 is 0 Å². The first kappa shape index (κ1) is 12.0. The molecule has 1 aromatic carbocycles. The van der Waals surface area contributed by atoms with E-state index in [-0.39, 0.29) is 5.43 Å². The molecule has 0 aliphatic carbocycles. The molecule has 0 bridgehead atoms. The summed E-state index contributed by atoms with van der Waals surface area (Å²) < 4.78 is 0. The SMILES string of the molecule is C=C(c1n[nH]c2ccccc2c1=O)N1CCCCC1. The molecule has 1 N–H and O–H groups in total. The van der Waals surface area contributed by atoms with Gasteiger partial charge in [-0.1, -0.05) is 18.7 Å². The highest BCUT2D eigenvalue weighted by molar-refractivity contribution is 5.80. The van der Waals surface area contributed by atoms with Gasteiger partial charge in [-0.3, -0.25) is 9.89 Å². The van der Waals surface area contributed by atoms with E-state index in [4.69, 9.17) is 0 Å². The molecule has 0 spiro atoms. The van der Waals surface area contributed by atoms with Crippen molar-refractivity contribution in [1.29, 1.82) is 0 Å². The van der Waals surface area contributed by atoms with Crippen molar-refractivity contribution < 1.29 is 0 Å². The average Bonchev–Trinajstić information content (AvgIpc) is 2.48. The van der Waals surface area contributed by atoms with Crippen molar-refractivity contribution in [2.45, 2.75) is 19.3 Å². The summed E-state index contributed by atoms with van der Waals surface area (Å²) in [6.45, 7) is 5.99. The van der Waals surface area contributed by atoms with Crippen molar-refractivity contribution >= 4 is 16.6 Å². The number of hydrogen-bond donors (Lipinski definition) is 1. The second-order valence-electron chi connectivity index (χ2n) is 4.94. The molecule has 4 heteroatoms. The molecule has 2 heterocycles. The molecular formula is C15H17N3O. The van der Waals surface area contributed by atoms with E-state index in [0.29, 0.717) is 11.1 Å². The number of likely N-dealkylation sites (tertiary alicyclic amines) is 1.